The third-order valence-corrected chi connectivity index (χ3v) is 9.07. The van der Waals surface area contributed by atoms with Crippen molar-refractivity contribution in [2.75, 3.05) is 13.7 Å². The van der Waals surface area contributed by atoms with Crippen molar-refractivity contribution in [2.24, 2.45) is 0 Å². The van der Waals surface area contributed by atoms with Gasteiger partial charge in [0, 0.05) is 24.7 Å². The molecular formula is C34H36N4O5. The average Bonchev–Trinajstić information content (AvgIpc) is 3.62. The quantitative estimate of drug-likeness (QED) is 0.288. The van der Waals surface area contributed by atoms with Crippen molar-refractivity contribution >= 4 is 5.97 Å². The molecule has 1 N–H and O–H groups in total. The number of rotatable bonds is 8. The van der Waals surface area contributed by atoms with Gasteiger partial charge in [0.2, 0.25) is 5.88 Å². The fourth-order valence-corrected chi connectivity index (χ4v) is 6.89. The molecule has 222 valence electrons. The van der Waals surface area contributed by atoms with E-state index in [2.05, 4.69) is 28.2 Å². The summed E-state index contributed by atoms with van der Waals surface area (Å²) in [7, 11) is 1.42. The zero-order chi connectivity index (χ0) is 29.5. The Morgan fingerprint density at radius 3 is 2.67 bits per heavy atom. The highest BCUT2D eigenvalue weighted by Crippen LogP contribution is 2.37. The van der Waals surface area contributed by atoms with Crippen molar-refractivity contribution in [3.8, 4) is 28.7 Å². The van der Waals surface area contributed by atoms with E-state index >= 15 is 0 Å². The second kappa shape index (κ2) is 11.5. The van der Waals surface area contributed by atoms with Gasteiger partial charge in [0.05, 0.1) is 31.2 Å². The van der Waals surface area contributed by atoms with Gasteiger partial charge in [-0.2, -0.15) is 9.78 Å². The fraction of sp³-hybridized carbons (Fsp3) is 0.382. The van der Waals surface area contributed by atoms with Gasteiger partial charge in [0.15, 0.2) is 5.82 Å². The van der Waals surface area contributed by atoms with Crippen LogP contribution in [-0.2, 0) is 24.3 Å². The summed E-state index contributed by atoms with van der Waals surface area (Å²) in [5, 5.41) is 13.7. The van der Waals surface area contributed by atoms with Crippen LogP contribution in [-0.4, -0.2) is 62.6 Å². The standard InChI is InChI=1S/C34H36N4O5/c1-21-5-3-6-28(30-7-4-8-31(36-30)38-33(41-2)29(18-35-38)34(39)40)32(21)42-20-22-9-10-24-19-37(14-13-23(24)15-22)25-16-26-11-12-27(17-25)43-26/h3-10,15,18,25-27H,11-14,16-17,19-20H2,1-2H3,(H,39,40). The number of hydrogen-bond acceptors (Lipinski definition) is 7. The number of ether oxygens (including phenoxy) is 3. The van der Waals surface area contributed by atoms with Crippen LogP contribution in [0.1, 0.15) is 58.3 Å². The average molecular weight is 581 g/mol. The normalized spacial score (nSPS) is 21.4. The third kappa shape index (κ3) is 5.39. The van der Waals surface area contributed by atoms with E-state index in [9.17, 15) is 9.90 Å². The molecule has 5 heterocycles. The molecule has 2 saturated heterocycles. The lowest BCUT2D eigenvalue weighted by molar-refractivity contribution is -0.0392. The zero-order valence-corrected chi connectivity index (χ0v) is 24.5. The predicted molar refractivity (Wildman–Crippen MR) is 161 cm³/mol. The van der Waals surface area contributed by atoms with Crippen LogP contribution in [0.15, 0.2) is 60.8 Å². The van der Waals surface area contributed by atoms with Crippen LogP contribution in [0.4, 0.5) is 0 Å². The van der Waals surface area contributed by atoms with E-state index in [1.807, 2.05) is 37.3 Å². The van der Waals surface area contributed by atoms with E-state index in [1.54, 1.807) is 6.07 Å². The van der Waals surface area contributed by atoms with Crippen molar-refractivity contribution in [3.05, 3.63) is 88.6 Å². The lowest BCUT2D eigenvalue weighted by Gasteiger charge is -2.40. The van der Waals surface area contributed by atoms with Crippen LogP contribution in [0.25, 0.3) is 17.1 Å². The molecule has 0 radical (unpaired) electrons. The number of hydrogen-bond donors (Lipinski definition) is 1. The number of pyridine rings is 1. The maximum Gasteiger partial charge on any atom is 0.342 e. The minimum absolute atomic E-state index is 0.0254. The Bertz CT molecular complexity index is 1650. The summed E-state index contributed by atoms with van der Waals surface area (Å²) in [5.41, 5.74) is 6.51. The smallest absolute Gasteiger partial charge is 0.342 e. The summed E-state index contributed by atoms with van der Waals surface area (Å²) >= 11 is 0. The number of nitrogens with zero attached hydrogens (tertiary/aromatic N) is 4. The largest absolute Gasteiger partial charge is 0.488 e. The van der Waals surface area contributed by atoms with Gasteiger partial charge in [0.25, 0.3) is 0 Å². The maximum absolute atomic E-state index is 11.6. The number of carbonyl (C=O) groups is 1. The fourth-order valence-electron chi connectivity index (χ4n) is 6.89. The van der Waals surface area contributed by atoms with Crippen molar-refractivity contribution < 1.29 is 24.1 Å². The minimum atomic E-state index is -1.11. The molecule has 4 aromatic rings. The molecule has 0 aliphatic carbocycles. The second-order valence-electron chi connectivity index (χ2n) is 11.8. The Morgan fingerprint density at radius 1 is 1.07 bits per heavy atom. The van der Waals surface area contributed by atoms with Crippen LogP contribution in [0.5, 0.6) is 11.6 Å². The molecule has 7 rings (SSSR count). The molecule has 2 atom stereocenters. The third-order valence-electron chi connectivity index (χ3n) is 9.07. The first-order valence-corrected chi connectivity index (χ1v) is 15.0. The molecule has 9 nitrogen and oxygen atoms in total. The lowest BCUT2D eigenvalue weighted by atomic mass is 9.93. The molecule has 3 aliphatic heterocycles. The number of aryl methyl sites for hydroxylation is 1. The number of carboxylic acid groups (broad SMARTS) is 1. The van der Waals surface area contributed by atoms with Crippen molar-refractivity contribution in [3.63, 3.8) is 0 Å². The number of benzene rings is 2. The summed E-state index contributed by atoms with van der Waals surface area (Å²) in [5.74, 6) is 0.225. The van der Waals surface area contributed by atoms with Crippen LogP contribution >= 0.6 is 0 Å². The van der Waals surface area contributed by atoms with E-state index in [0.29, 0.717) is 36.4 Å². The monoisotopic (exact) mass is 580 g/mol. The SMILES string of the molecule is COc1c(C(=O)O)cnn1-c1cccc(-c2cccc(C)c2OCc2ccc3c(c2)CCN(C2CC4CCC(C2)O4)C3)n1. The molecule has 2 fully saturated rings. The molecule has 2 bridgehead atoms. The first-order valence-electron chi connectivity index (χ1n) is 15.0. The molecule has 2 aromatic carbocycles. The first-order chi connectivity index (χ1) is 21.0. The van der Waals surface area contributed by atoms with E-state index in [-0.39, 0.29) is 11.4 Å². The van der Waals surface area contributed by atoms with Gasteiger partial charge in [0.1, 0.15) is 17.9 Å². The number of carboxylic acids is 1. The number of aromatic carboxylic acids is 1. The second-order valence-corrected chi connectivity index (χ2v) is 11.8. The summed E-state index contributed by atoms with van der Waals surface area (Å²) in [6, 6.07) is 19.0. The number of fused-ring (bicyclic) bond motifs is 3. The molecule has 0 amide bonds. The molecule has 2 aromatic heterocycles. The summed E-state index contributed by atoms with van der Waals surface area (Å²) in [6.45, 7) is 4.59. The van der Waals surface area contributed by atoms with E-state index in [0.717, 1.165) is 42.0 Å². The van der Waals surface area contributed by atoms with Crippen molar-refractivity contribution in [2.45, 2.75) is 70.4 Å². The highest BCUT2D eigenvalue weighted by molar-refractivity contribution is 5.90. The van der Waals surface area contributed by atoms with Gasteiger partial charge < -0.3 is 19.3 Å². The number of para-hydroxylation sites is 1. The minimum Gasteiger partial charge on any atom is -0.488 e. The highest BCUT2D eigenvalue weighted by atomic mass is 16.5. The van der Waals surface area contributed by atoms with Gasteiger partial charge in [-0.25, -0.2) is 9.78 Å². The van der Waals surface area contributed by atoms with Crippen molar-refractivity contribution in [1.82, 2.24) is 19.7 Å². The summed E-state index contributed by atoms with van der Waals surface area (Å²) in [6.07, 6.45) is 8.06. The first kappa shape index (κ1) is 27.6. The van der Waals surface area contributed by atoms with Crippen LogP contribution < -0.4 is 9.47 Å². The Balaban J connectivity index is 1.08. The van der Waals surface area contributed by atoms with E-state index in [1.165, 1.54) is 54.8 Å². The summed E-state index contributed by atoms with van der Waals surface area (Å²) < 4.78 is 19.3. The molecule has 2 unspecified atom stereocenters. The summed E-state index contributed by atoms with van der Waals surface area (Å²) in [4.78, 5) is 19.1. The Hall–Kier alpha value is -4.21. The predicted octanol–water partition coefficient (Wildman–Crippen LogP) is 5.60. The maximum atomic E-state index is 11.6. The van der Waals surface area contributed by atoms with Crippen molar-refractivity contribution in [1.29, 1.82) is 0 Å². The number of aromatic nitrogens is 3. The molecule has 3 aliphatic rings. The van der Waals surface area contributed by atoms with Gasteiger partial charge >= 0.3 is 5.97 Å². The number of methoxy groups -OCH3 is 1. The molecule has 43 heavy (non-hydrogen) atoms. The van der Waals surface area contributed by atoms with Gasteiger partial charge in [-0.3, -0.25) is 4.90 Å². The van der Waals surface area contributed by atoms with Gasteiger partial charge in [-0.05, 0) is 79.5 Å². The molecule has 9 heteroatoms. The zero-order valence-electron chi connectivity index (χ0n) is 24.5. The lowest BCUT2D eigenvalue weighted by Crippen LogP contribution is -2.44. The Morgan fingerprint density at radius 2 is 1.88 bits per heavy atom. The molecule has 0 spiro atoms. The molecule has 0 saturated carbocycles. The van der Waals surface area contributed by atoms with Gasteiger partial charge in [-0.15, -0.1) is 0 Å². The topological polar surface area (TPSA) is 98.9 Å². The Labute approximate surface area is 251 Å². The van der Waals surface area contributed by atoms with Gasteiger partial charge in [-0.1, -0.05) is 36.4 Å². The molecular weight excluding hydrogens is 544 g/mol. The van der Waals surface area contributed by atoms with Crippen LogP contribution in [0.2, 0.25) is 0 Å². The van der Waals surface area contributed by atoms with E-state index in [4.69, 9.17) is 19.2 Å². The van der Waals surface area contributed by atoms with Crippen LogP contribution in [0, 0.1) is 6.92 Å². The van der Waals surface area contributed by atoms with E-state index < -0.39 is 5.97 Å². The highest BCUT2D eigenvalue weighted by Gasteiger charge is 2.38. The Kier molecular flexibility index (Phi) is 7.36. The van der Waals surface area contributed by atoms with Crippen LogP contribution in [0.3, 0.4) is 0 Å².